The molecule has 0 atom stereocenters. The van der Waals surface area contributed by atoms with Crippen LogP contribution in [0.15, 0.2) is 30.3 Å². The fourth-order valence-electron chi connectivity index (χ4n) is 2.63. The normalized spacial score (nSPS) is 10.2. The number of nitrogens with zero attached hydrogens (tertiary/aromatic N) is 1. The molecule has 26 heavy (non-hydrogen) atoms. The van der Waals surface area contributed by atoms with Gasteiger partial charge in [-0.1, -0.05) is 17.7 Å². The summed E-state index contributed by atoms with van der Waals surface area (Å²) in [6.45, 7) is 5.60. The molecule has 0 radical (unpaired) electrons. The highest BCUT2D eigenvalue weighted by atomic mass is 16.6. The Morgan fingerprint density at radius 2 is 1.58 bits per heavy atom. The van der Waals surface area contributed by atoms with Crippen molar-refractivity contribution in [3.63, 3.8) is 0 Å². The molecule has 0 aliphatic carbocycles. The molecule has 0 spiro atoms. The van der Waals surface area contributed by atoms with Crippen LogP contribution in [-0.2, 0) is 9.59 Å². The van der Waals surface area contributed by atoms with Gasteiger partial charge in [0.15, 0.2) is 0 Å². The van der Waals surface area contributed by atoms with E-state index in [1.54, 1.807) is 0 Å². The summed E-state index contributed by atoms with van der Waals surface area (Å²) < 4.78 is 5.06. The topological polar surface area (TPSA) is 111 Å². The number of anilines is 2. The van der Waals surface area contributed by atoms with Crippen molar-refractivity contribution in [1.29, 1.82) is 0 Å². The first-order valence-electron chi connectivity index (χ1n) is 7.75. The number of hydrogen-bond acceptors (Lipinski definition) is 5. The molecule has 2 rings (SSSR count). The molecule has 2 amide bonds. The minimum Gasteiger partial charge on any atom is -0.495 e. The number of nitro benzene ring substituents is 1. The molecule has 0 heterocycles. The molecule has 2 aromatic rings. The van der Waals surface area contributed by atoms with Gasteiger partial charge in [0.1, 0.15) is 5.75 Å². The first-order valence-corrected chi connectivity index (χ1v) is 7.75. The van der Waals surface area contributed by atoms with Gasteiger partial charge in [-0.05, 0) is 38.0 Å². The van der Waals surface area contributed by atoms with Crippen molar-refractivity contribution in [3.8, 4) is 5.75 Å². The fraction of sp³-hybridized carbons (Fsp3) is 0.222. The molecule has 2 aromatic carbocycles. The third-order valence-corrected chi connectivity index (χ3v) is 3.76. The summed E-state index contributed by atoms with van der Waals surface area (Å²) in [5.74, 6) is -1.63. The van der Waals surface area contributed by atoms with Crippen LogP contribution in [0, 0.1) is 30.9 Å². The van der Waals surface area contributed by atoms with Gasteiger partial charge in [-0.25, -0.2) is 0 Å². The van der Waals surface area contributed by atoms with Gasteiger partial charge in [0.2, 0.25) is 0 Å². The first-order chi connectivity index (χ1) is 12.2. The maximum atomic E-state index is 12.2. The zero-order valence-electron chi connectivity index (χ0n) is 14.9. The van der Waals surface area contributed by atoms with E-state index >= 15 is 0 Å². The highest BCUT2D eigenvalue weighted by Crippen LogP contribution is 2.29. The minimum absolute atomic E-state index is 0.0409. The van der Waals surface area contributed by atoms with Crippen LogP contribution >= 0.6 is 0 Å². The zero-order valence-corrected chi connectivity index (χ0v) is 14.9. The Bertz CT molecular complexity index is 869. The van der Waals surface area contributed by atoms with Crippen LogP contribution in [0.3, 0.4) is 0 Å². The van der Waals surface area contributed by atoms with E-state index in [0.717, 1.165) is 22.8 Å². The molecule has 0 unspecified atom stereocenters. The Hall–Kier alpha value is -3.42. The highest BCUT2D eigenvalue weighted by Gasteiger charge is 2.19. The number of nitro groups is 1. The van der Waals surface area contributed by atoms with E-state index in [-0.39, 0.29) is 17.1 Å². The standard InChI is InChI=1S/C18H19N3O5/c1-10-7-11(2)16(12(3)8-10)20-18(23)17(22)19-14-9-13(21(24)25)5-6-15(14)26-4/h5-9H,1-4H3,(H,19,22)(H,20,23). The van der Waals surface area contributed by atoms with E-state index in [2.05, 4.69) is 10.6 Å². The second-order valence-electron chi connectivity index (χ2n) is 5.82. The van der Waals surface area contributed by atoms with Crippen molar-refractivity contribution in [2.24, 2.45) is 0 Å². The molecule has 0 saturated carbocycles. The van der Waals surface area contributed by atoms with Crippen molar-refractivity contribution in [3.05, 3.63) is 57.1 Å². The van der Waals surface area contributed by atoms with Gasteiger partial charge in [-0.2, -0.15) is 0 Å². The first kappa shape index (κ1) is 18.9. The lowest BCUT2D eigenvalue weighted by molar-refractivity contribution is -0.384. The number of rotatable bonds is 4. The van der Waals surface area contributed by atoms with Crippen LogP contribution < -0.4 is 15.4 Å². The number of aryl methyl sites for hydroxylation is 3. The average molecular weight is 357 g/mol. The third-order valence-electron chi connectivity index (χ3n) is 3.76. The van der Waals surface area contributed by atoms with Gasteiger partial charge >= 0.3 is 11.8 Å². The third kappa shape index (κ3) is 4.15. The SMILES string of the molecule is COc1ccc([N+](=O)[O-])cc1NC(=O)C(=O)Nc1c(C)cc(C)cc1C. The molecule has 0 aliphatic rings. The van der Waals surface area contributed by atoms with E-state index < -0.39 is 16.7 Å². The number of hydrogen-bond donors (Lipinski definition) is 2. The number of methoxy groups -OCH3 is 1. The Morgan fingerprint density at radius 3 is 2.12 bits per heavy atom. The molecule has 136 valence electrons. The highest BCUT2D eigenvalue weighted by molar-refractivity contribution is 6.44. The van der Waals surface area contributed by atoms with Gasteiger partial charge in [0.05, 0.1) is 17.7 Å². The molecule has 8 nitrogen and oxygen atoms in total. The Labute approximate surface area is 150 Å². The van der Waals surface area contributed by atoms with Crippen LogP contribution in [0.4, 0.5) is 17.1 Å². The summed E-state index contributed by atoms with van der Waals surface area (Å²) >= 11 is 0. The van der Waals surface area contributed by atoms with Crippen LogP contribution in [0.2, 0.25) is 0 Å². The number of ether oxygens (including phenoxy) is 1. The Morgan fingerprint density at radius 1 is 1.00 bits per heavy atom. The molecule has 0 fully saturated rings. The van der Waals surface area contributed by atoms with Crippen molar-refractivity contribution >= 4 is 28.9 Å². The van der Waals surface area contributed by atoms with E-state index in [4.69, 9.17) is 4.74 Å². The lowest BCUT2D eigenvalue weighted by atomic mass is 10.1. The predicted octanol–water partition coefficient (Wildman–Crippen LogP) is 3.11. The fourth-order valence-corrected chi connectivity index (χ4v) is 2.63. The summed E-state index contributed by atoms with van der Waals surface area (Å²) in [6.07, 6.45) is 0. The lowest BCUT2D eigenvalue weighted by Gasteiger charge is -2.13. The molecule has 0 aliphatic heterocycles. The number of carbonyl (C=O) groups excluding carboxylic acids is 2. The number of non-ortho nitro benzene ring substituents is 1. The summed E-state index contributed by atoms with van der Waals surface area (Å²) in [6, 6.07) is 7.51. The van der Waals surface area contributed by atoms with Crippen LogP contribution in [0.25, 0.3) is 0 Å². The van der Waals surface area contributed by atoms with Crippen molar-refractivity contribution in [2.75, 3.05) is 17.7 Å². The number of benzene rings is 2. The van der Waals surface area contributed by atoms with Gasteiger partial charge in [-0.15, -0.1) is 0 Å². The molecule has 2 N–H and O–H groups in total. The summed E-state index contributed by atoms with van der Waals surface area (Å²) in [4.78, 5) is 34.7. The number of carbonyl (C=O) groups is 2. The second kappa shape index (κ2) is 7.64. The van der Waals surface area contributed by atoms with E-state index in [1.165, 1.54) is 19.2 Å². The van der Waals surface area contributed by atoms with Crippen LogP contribution in [0.5, 0.6) is 5.75 Å². The molecular weight excluding hydrogens is 338 g/mol. The van der Waals surface area contributed by atoms with Gasteiger partial charge < -0.3 is 15.4 Å². The summed E-state index contributed by atoms with van der Waals surface area (Å²) in [5, 5.41) is 15.8. The van der Waals surface area contributed by atoms with E-state index in [9.17, 15) is 19.7 Å². The maximum absolute atomic E-state index is 12.2. The molecule has 8 heteroatoms. The van der Waals surface area contributed by atoms with Gasteiger partial charge in [0.25, 0.3) is 5.69 Å². The second-order valence-corrected chi connectivity index (χ2v) is 5.82. The van der Waals surface area contributed by atoms with Crippen LogP contribution in [0.1, 0.15) is 16.7 Å². The maximum Gasteiger partial charge on any atom is 0.314 e. The molecule has 0 bridgehead atoms. The van der Waals surface area contributed by atoms with Crippen molar-refractivity contribution < 1.29 is 19.2 Å². The predicted molar refractivity (Wildman–Crippen MR) is 97.6 cm³/mol. The van der Waals surface area contributed by atoms with Crippen molar-refractivity contribution in [2.45, 2.75) is 20.8 Å². The summed E-state index contributed by atoms with van der Waals surface area (Å²) in [7, 11) is 1.36. The Kier molecular flexibility index (Phi) is 5.56. The van der Waals surface area contributed by atoms with Crippen LogP contribution in [-0.4, -0.2) is 23.8 Å². The Balaban J connectivity index is 2.21. The number of nitrogens with one attached hydrogen (secondary N) is 2. The quantitative estimate of drug-likeness (QED) is 0.496. The van der Waals surface area contributed by atoms with E-state index in [0.29, 0.717) is 5.69 Å². The average Bonchev–Trinajstić information content (AvgIpc) is 2.57. The van der Waals surface area contributed by atoms with Gasteiger partial charge in [-0.3, -0.25) is 19.7 Å². The largest absolute Gasteiger partial charge is 0.495 e. The molecular formula is C18H19N3O5. The summed E-state index contributed by atoms with van der Waals surface area (Å²) in [5.41, 5.74) is 3.07. The zero-order chi connectivity index (χ0) is 19.4. The smallest absolute Gasteiger partial charge is 0.314 e. The molecule has 0 saturated heterocycles. The van der Waals surface area contributed by atoms with E-state index in [1.807, 2.05) is 32.9 Å². The monoisotopic (exact) mass is 357 g/mol. The minimum atomic E-state index is -0.955. The van der Waals surface area contributed by atoms with Crippen molar-refractivity contribution in [1.82, 2.24) is 0 Å². The lowest BCUT2D eigenvalue weighted by Crippen LogP contribution is -2.29. The molecule has 0 aromatic heterocycles. The van der Waals surface area contributed by atoms with Gasteiger partial charge in [0, 0.05) is 17.8 Å². The number of amides is 2.